The lowest BCUT2D eigenvalue weighted by Gasteiger charge is -2.07. The smallest absolute Gasteiger partial charge is 0.220 e. The van der Waals surface area contributed by atoms with E-state index < -0.39 is 0 Å². The third-order valence-corrected chi connectivity index (χ3v) is 5.08. The summed E-state index contributed by atoms with van der Waals surface area (Å²) in [6.07, 6.45) is 2.34. The summed E-state index contributed by atoms with van der Waals surface area (Å²) >= 11 is 6.19. The van der Waals surface area contributed by atoms with E-state index in [1.54, 1.807) is 12.3 Å². The maximum absolute atomic E-state index is 12.3. The van der Waals surface area contributed by atoms with Crippen molar-refractivity contribution >= 4 is 28.5 Å². The first-order valence-corrected chi connectivity index (χ1v) is 9.94. The number of para-hydroxylation sites is 2. The van der Waals surface area contributed by atoms with Gasteiger partial charge in [0.2, 0.25) is 5.91 Å². The monoisotopic (exact) mass is 408 g/mol. The summed E-state index contributed by atoms with van der Waals surface area (Å²) in [5, 5.41) is 3.54. The summed E-state index contributed by atoms with van der Waals surface area (Å²) in [4.78, 5) is 21.2. The van der Waals surface area contributed by atoms with E-state index in [1.165, 1.54) is 0 Å². The van der Waals surface area contributed by atoms with Crippen LogP contribution in [0.1, 0.15) is 25.1 Å². The van der Waals surface area contributed by atoms with Gasteiger partial charge in [-0.2, -0.15) is 0 Å². The van der Waals surface area contributed by atoms with Gasteiger partial charge in [-0.25, -0.2) is 9.97 Å². The topological polar surface area (TPSA) is 73.0 Å². The van der Waals surface area contributed by atoms with Gasteiger partial charge in [-0.15, -0.1) is 0 Å². The van der Waals surface area contributed by atoms with Gasteiger partial charge in [0.05, 0.1) is 28.8 Å². The highest BCUT2D eigenvalue weighted by Gasteiger charge is 2.13. The zero-order valence-corrected chi connectivity index (χ0v) is 16.8. The van der Waals surface area contributed by atoms with Gasteiger partial charge in [-0.3, -0.25) is 4.79 Å². The second-order valence-electron chi connectivity index (χ2n) is 6.64. The van der Waals surface area contributed by atoms with Crippen molar-refractivity contribution in [2.75, 3.05) is 0 Å². The molecule has 7 heteroatoms. The lowest BCUT2D eigenvalue weighted by molar-refractivity contribution is -0.121. The Morgan fingerprint density at radius 2 is 1.97 bits per heavy atom. The fraction of sp³-hybridized carbons (Fsp3) is 0.227. The largest absolute Gasteiger partial charge is 0.441 e. The first-order chi connectivity index (χ1) is 14.2. The van der Waals surface area contributed by atoms with Crippen LogP contribution in [0.25, 0.3) is 22.4 Å². The molecular formula is C22H21ClN4O2. The Morgan fingerprint density at radius 3 is 2.79 bits per heavy atom. The zero-order chi connectivity index (χ0) is 20.2. The molecule has 0 saturated carbocycles. The fourth-order valence-corrected chi connectivity index (χ4v) is 3.54. The molecule has 0 aliphatic heterocycles. The van der Waals surface area contributed by atoms with E-state index in [0.717, 1.165) is 29.0 Å². The minimum atomic E-state index is -0.0720. The van der Waals surface area contributed by atoms with Gasteiger partial charge in [-0.1, -0.05) is 35.9 Å². The van der Waals surface area contributed by atoms with Crippen LogP contribution in [-0.4, -0.2) is 20.4 Å². The molecule has 0 atom stereocenters. The SMILES string of the molecule is CCn1c(CNC(=O)CCc2ncc(-c3ccccc3Cl)o2)nc2ccccc21. The van der Waals surface area contributed by atoms with Crippen LogP contribution < -0.4 is 5.32 Å². The highest BCUT2D eigenvalue weighted by atomic mass is 35.5. The predicted octanol–water partition coefficient (Wildman–Crippen LogP) is 4.61. The van der Waals surface area contributed by atoms with Gasteiger partial charge < -0.3 is 14.3 Å². The molecule has 1 amide bonds. The maximum Gasteiger partial charge on any atom is 0.220 e. The molecule has 0 saturated heterocycles. The second kappa shape index (κ2) is 8.49. The molecule has 0 fully saturated rings. The molecule has 0 spiro atoms. The average molecular weight is 409 g/mol. The van der Waals surface area contributed by atoms with E-state index >= 15 is 0 Å². The molecule has 148 valence electrons. The third kappa shape index (κ3) is 4.17. The third-order valence-electron chi connectivity index (χ3n) is 4.75. The van der Waals surface area contributed by atoms with Crippen molar-refractivity contribution in [3.05, 3.63) is 71.5 Å². The summed E-state index contributed by atoms with van der Waals surface area (Å²) in [5.41, 5.74) is 2.80. The molecule has 2 aromatic carbocycles. The number of halogens is 1. The van der Waals surface area contributed by atoms with Gasteiger partial charge in [0.1, 0.15) is 5.82 Å². The van der Waals surface area contributed by atoms with Crippen molar-refractivity contribution in [1.29, 1.82) is 0 Å². The van der Waals surface area contributed by atoms with Gasteiger partial charge in [0.25, 0.3) is 0 Å². The fourth-order valence-electron chi connectivity index (χ4n) is 3.31. The molecular weight excluding hydrogens is 388 g/mol. The Bertz CT molecular complexity index is 1150. The highest BCUT2D eigenvalue weighted by molar-refractivity contribution is 6.33. The molecule has 4 rings (SSSR count). The number of aryl methyl sites for hydroxylation is 2. The molecule has 6 nitrogen and oxygen atoms in total. The zero-order valence-electron chi connectivity index (χ0n) is 16.1. The number of aromatic nitrogens is 3. The van der Waals surface area contributed by atoms with Crippen molar-refractivity contribution in [2.45, 2.75) is 32.9 Å². The van der Waals surface area contributed by atoms with E-state index in [1.807, 2.05) is 42.5 Å². The van der Waals surface area contributed by atoms with Crippen molar-refractivity contribution in [2.24, 2.45) is 0 Å². The number of benzene rings is 2. The maximum atomic E-state index is 12.3. The Kier molecular flexibility index (Phi) is 5.62. The quantitative estimate of drug-likeness (QED) is 0.484. The van der Waals surface area contributed by atoms with Crippen LogP contribution in [0.4, 0.5) is 0 Å². The highest BCUT2D eigenvalue weighted by Crippen LogP contribution is 2.28. The summed E-state index contributed by atoms with van der Waals surface area (Å²) in [5.74, 6) is 1.88. The molecule has 0 unspecified atom stereocenters. The molecule has 2 aromatic heterocycles. The number of rotatable bonds is 7. The normalized spacial score (nSPS) is 11.1. The lowest BCUT2D eigenvalue weighted by atomic mass is 10.2. The van der Waals surface area contributed by atoms with Gasteiger partial charge in [-0.05, 0) is 31.2 Å². The van der Waals surface area contributed by atoms with Crippen LogP contribution in [0, 0.1) is 0 Å². The molecule has 0 radical (unpaired) electrons. The molecule has 29 heavy (non-hydrogen) atoms. The van der Waals surface area contributed by atoms with Crippen LogP contribution in [0.3, 0.4) is 0 Å². The Labute approximate surface area is 173 Å². The van der Waals surface area contributed by atoms with Crippen LogP contribution in [0.15, 0.2) is 59.1 Å². The number of fused-ring (bicyclic) bond motifs is 1. The number of carbonyl (C=O) groups is 1. The number of hydrogen-bond donors (Lipinski definition) is 1. The van der Waals surface area contributed by atoms with E-state index in [0.29, 0.717) is 29.6 Å². The van der Waals surface area contributed by atoms with Crippen molar-refractivity contribution in [3.8, 4) is 11.3 Å². The first kappa shape index (κ1) is 19.2. The number of nitrogens with one attached hydrogen (secondary N) is 1. The number of imidazole rings is 1. The van der Waals surface area contributed by atoms with Crippen molar-refractivity contribution in [1.82, 2.24) is 19.9 Å². The van der Waals surface area contributed by atoms with E-state index in [9.17, 15) is 4.79 Å². The van der Waals surface area contributed by atoms with Crippen molar-refractivity contribution in [3.63, 3.8) is 0 Å². The predicted molar refractivity (Wildman–Crippen MR) is 113 cm³/mol. The Hall–Kier alpha value is -3.12. The molecule has 4 aromatic rings. The number of carbonyl (C=O) groups excluding carboxylic acids is 1. The van der Waals surface area contributed by atoms with Gasteiger partial charge in [0.15, 0.2) is 11.7 Å². The van der Waals surface area contributed by atoms with E-state index in [2.05, 4.69) is 26.8 Å². The van der Waals surface area contributed by atoms with Crippen LogP contribution >= 0.6 is 11.6 Å². The number of hydrogen-bond acceptors (Lipinski definition) is 4. The minimum absolute atomic E-state index is 0.0720. The molecule has 0 bridgehead atoms. The summed E-state index contributed by atoms with van der Waals surface area (Å²) in [6.45, 7) is 3.25. The molecule has 0 aliphatic carbocycles. The number of nitrogens with zero attached hydrogens (tertiary/aromatic N) is 3. The summed E-state index contributed by atoms with van der Waals surface area (Å²) in [7, 11) is 0. The van der Waals surface area contributed by atoms with E-state index in [4.69, 9.17) is 16.0 Å². The number of amides is 1. The van der Waals surface area contributed by atoms with Crippen LogP contribution in [0.5, 0.6) is 0 Å². The summed E-state index contributed by atoms with van der Waals surface area (Å²) < 4.78 is 7.86. The van der Waals surface area contributed by atoms with Crippen LogP contribution in [0.2, 0.25) is 5.02 Å². The minimum Gasteiger partial charge on any atom is -0.441 e. The number of oxazole rings is 1. The first-order valence-electron chi connectivity index (χ1n) is 9.56. The second-order valence-corrected chi connectivity index (χ2v) is 7.04. The van der Waals surface area contributed by atoms with Gasteiger partial charge >= 0.3 is 0 Å². The Balaban J connectivity index is 1.35. The van der Waals surface area contributed by atoms with Crippen molar-refractivity contribution < 1.29 is 9.21 Å². The standard InChI is InChI=1S/C22H21ClN4O2/c1-2-27-18-10-6-5-9-17(18)26-20(27)14-24-21(28)11-12-22-25-13-19(29-22)15-7-3-4-8-16(15)23/h3-10,13H,2,11-12,14H2,1H3,(H,24,28). The molecule has 1 N–H and O–H groups in total. The van der Waals surface area contributed by atoms with Crippen LogP contribution in [-0.2, 0) is 24.3 Å². The lowest BCUT2D eigenvalue weighted by Crippen LogP contribution is -2.25. The average Bonchev–Trinajstić information content (AvgIpc) is 3.35. The van der Waals surface area contributed by atoms with E-state index in [-0.39, 0.29) is 12.3 Å². The summed E-state index contributed by atoms with van der Waals surface area (Å²) in [6, 6.07) is 15.4. The Morgan fingerprint density at radius 1 is 1.17 bits per heavy atom. The molecule has 0 aliphatic rings. The van der Waals surface area contributed by atoms with Gasteiger partial charge in [0, 0.05) is 24.9 Å². The molecule has 2 heterocycles.